The van der Waals surface area contributed by atoms with Crippen LogP contribution in [0.1, 0.15) is 33.6 Å². The number of nitrogens with two attached hydrogens (primary N) is 1. The van der Waals surface area contributed by atoms with E-state index in [0.717, 1.165) is 6.42 Å². The first-order valence-electron chi connectivity index (χ1n) is 4.56. The van der Waals surface area contributed by atoms with Crippen molar-refractivity contribution in [3.05, 3.63) is 0 Å². The van der Waals surface area contributed by atoms with Crippen molar-refractivity contribution in [2.24, 2.45) is 5.73 Å². The van der Waals surface area contributed by atoms with Crippen molar-refractivity contribution in [3.8, 4) is 0 Å². The molecule has 4 N–H and O–H groups in total. The molecular formula is C8H21NO4S. The SMILES string of the molecule is CCC(C)(O)CN.CCCS(=O)(=O)O. The summed E-state index contributed by atoms with van der Waals surface area (Å²) < 4.78 is 27.6. The van der Waals surface area contributed by atoms with Crippen LogP contribution in [-0.4, -0.2) is 36.0 Å². The highest BCUT2D eigenvalue weighted by molar-refractivity contribution is 7.85. The summed E-state index contributed by atoms with van der Waals surface area (Å²) in [7, 11) is -3.67. The first kappa shape index (κ1) is 16.3. The highest BCUT2D eigenvalue weighted by Crippen LogP contribution is 2.03. The summed E-state index contributed by atoms with van der Waals surface area (Å²) in [5, 5.41) is 9.01. The maximum absolute atomic E-state index is 9.79. The molecule has 0 radical (unpaired) electrons. The molecule has 0 amide bonds. The van der Waals surface area contributed by atoms with Gasteiger partial charge in [-0.15, -0.1) is 0 Å². The zero-order chi connectivity index (χ0) is 11.8. The summed E-state index contributed by atoms with van der Waals surface area (Å²) >= 11 is 0. The van der Waals surface area contributed by atoms with Gasteiger partial charge in [-0.1, -0.05) is 13.8 Å². The quantitative estimate of drug-likeness (QED) is 0.603. The van der Waals surface area contributed by atoms with Gasteiger partial charge in [-0.2, -0.15) is 8.42 Å². The van der Waals surface area contributed by atoms with Gasteiger partial charge in [0.05, 0.1) is 11.4 Å². The molecule has 88 valence electrons. The molecule has 1 unspecified atom stereocenters. The van der Waals surface area contributed by atoms with E-state index in [1.807, 2.05) is 6.92 Å². The van der Waals surface area contributed by atoms with Gasteiger partial charge in [-0.25, -0.2) is 0 Å². The van der Waals surface area contributed by atoms with Crippen molar-refractivity contribution < 1.29 is 18.1 Å². The molecule has 14 heavy (non-hydrogen) atoms. The Kier molecular flexibility index (Phi) is 8.33. The summed E-state index contributed by atoms with van der Waals surface area (Å²) in [6, 6.07) is 0. The van der Waals surface area contributed by atoms with Crippen molar-refractivity contribution in [1.29, 1.82) is 0 Å². The highest BCUT2D eigenvalue weighted by atomic mass is 32.2. The fraction of sp³-hybridized carbons (Fsp3) is 1.00. The lowest BCUT2D eigenvalue weighted by molar-refractivity contribution is 0.0652. The van der Waals surface area contributed by atoms with Crippen molar-refractivity contribution in [3.63, 3.8) is 0 Å². The molecule has 0 saturated heterocycles. The molecule has 6 heteroatoms. The van der Waals surface area contributed by atoms with Crippen LogP contribution in [-0.2, 0) is 10.1 Å². The van der Waals surface area contributed by atoms with E-state index in [4.69, 9.17) is 15.4 Å². The largest absolute Gasteiger partial charge is 0.389 e. The predicted octanol–water partition coefficient (Wildman–Crippen LogP) is 0.390. The normalized spacial score (nSPS) is 15.3. The van der Waals surface area contributed by atoms with Crippen LogP contribution >= 0.6 is 0 Å². The van der Waals surface area contributed by atoms with Crippen LogP contribution in [0.25, 0.3) is 0 Å². The van der Waals surface area contributed by atoms with E-state index in [-0.39, 0.29) is 5.75 Å². The molecule has 0 aromatic rings. The van der Waals surface area contributed by atoms with E-state index < -0.39 is 15.7 Å². The number of hydrogen-bond donors (Lipinski definition) is 3. The molecule has 5 nitrogen and oxygen atoms in total. The summed E-state index contributed by atoms with van der Waals surface area (Å²) in [4.78, 5) is 0. The first-order chi connectivity index (χ1) is 6.18. The molecule has 0 aliphatic heterocycles. The Hall–Kier alpha value is -0.170. The minimum atomic E-state index is -3.67. The van der Waals surface area contributed by atoms with E-state index in [1.165, 1.54) is 0 Å². The minimum Gasteiger partial charge on any atom is -0.389 e. The second-order valence-corrected chi connectivity index (χ2v) is 4.91. The van der Waals surface area contributed by atoms with Crippen LogP contribution < -0.4 is 5.73 Å². The third-order valence-electron chi connectivity index (χ3n) is 1.66. The average molecular weight is 227 g/mol. The second-order valence-electron chi connectivity index (χ2n) is 3.34. The van der Waals surface area contributed by atoms with Gasteiger partial charge in [0.25, 0.3) is 10.1 Å². The Labute approximate surface area is 86.1 Å². The first-order valence-corrected chi connectivity index (χ1v) is 6.17. The third-order valence-corrected chi connectivity index (χ3v) is 2.59. The molecule has 0 rings (SSSR count). The summed E-state index contributed by atoms with van der Waals surface area (Å²) in [6.07, 6.45) is 1.20. The molecule has 0 saturated carbocycles. The van der Waals surface area contributed by atoms with Crippen LogP contribution in [0.2, 0.25) is 0 Å². The van der Waals surface area contributed by atoms with E-state index >= 15 is 0 Å². The Morgan fingerprint density at radius 3 is 1.79 bits per heavy atom. The van der Waals surface area contributed by atoms with Gasteiger partial charge in [-0.05, 0) is 19.8 Å². The Balaban J connectivity index is 0. The van der Waals surface area contributed by atoms with Crippen LogP contribution in [0, 0.1) is 0 Å². The van der Waals surface area contributed by atoms with E-state index in [0.29, 0.717) is 13.0 Å². The molecule has 0 aromatic heterocycles. The van der Waals surface area contributed by atoms with Gasteiger partial charge in [-0.3, -0.25) is 4.55 Å². The maximum atomic E-state index is 9.79. The molecule has 0 fully saturated rings. The highest BCUT2D eigenvalue weighted by Gasteiger charge is 2.12. The lowest BCUT2D eigenvalue weighted by atomic mass is 10.1. The molecule has 0 aliphatic carbocycles. The van der Waals surface area contributed by atoms with E-state index in [9.17, 15) is 8.42 Å². The molecule has 0 bridgehead atoms. The van der Waals surface area contributed by atoms with Crippen LogP contribution in [0.5, 0.6) is 0 Å². The molecule has 0 aliphatic rings. The Morgan fingerprint density at radius 2 is 1.79 bits per heavy atom. The van der Waals surface area contributed by atoms with Gasteiger partial charge in [0.2, 0.25) is 0 Å². The molecule has 0 spiro atoms. The smallest absolute Gasteiger partial charge is 0.264 e. The standard InChI is InChI=1S/C5H13NO.C3H8O3S/c1-3-5(2,7)4-6;1-2-3-7(4,5)6/h7H,3-4,6H2,1-2H3;2-3H2,1H3,(H,4,5,6). The lowest BCUT2D eigenvalue weighted by Gasteiger charge is -2.17. The number of rotatable bonds is 4. The zero-order valence-corrected chi connectivity index (χ0v) is 9.84. The third kappa shape index (κ3) is 14.4. The topological polar surface area (TPSA) is 101 Å². The molecule has 0 heterocycles. The molecule has 1 atom stereocenters. The van der Waals surface area contributed by atoms with Crippen LogP contribution in [0.3, 0.4) is 0 Å². The summed E-state index contributed by atoms with van der Waals surface area (Å²) in [5.74, 6) is -0.132. The molecule has 0 aromatic carbocycles. The fourth-order valence-electron chi connectivity index (χ4n) is 0.402. The maximum Gasteiger partial charge on any atom is 0.264 e. The van der Waals surface area contributed by atoms with E-state index in [2.05, 4.69) is 0 Å². The Bertz CT molecular complexity index is 217. The Morgan fingerprint density at radius 1 is 1.36 bits per heavy atom. The van der Waals surface area contributed by atoms with Gasteiger partial charge < -0.3 is 10.8 Å². The van der Waals surface area contributed by atoms with Gasteiger partial charge in [0.15, 0.2) is 0 Å². The number of hydrogen-bond acceptors (Lipinski definition) is 4. The van der Waals surface area contributed by atoms with Crippen LogP contribution in [0.4, 0.5) is 0 Å². The zero-order valence-electron chi connectivity index (χ0n) is 9.02. The van der Waals surface area contributed by atoms with Gasteiger partial charge in [0, 0.05) is 6.54 Å². The predicted molar refractivity (Wildman–Crippen MR) is 56.7 cm³/mol. The average Bonchev–Trinajstić information content (AvgIpc) is 2.04. The monoisotopic (exact) mass is 227 g/mol. The minimum absolute atomic E-state index is 0.132. The molecular weight excluding hydrogens is 206 g/mol. The van der Waals surface area contributed by atoms with Gasteiger partial charge >= 0.3 is 0 Å². The van der Waals surface area contributed by atoms with Gasteiger partial charge in [0.1, 0.15) is 0 Å². The van der Waals surface area contributed by atoms with Crippen molar-refractivity contribution in [1.82, 2.24) is 0 Å². The fourth-order valence-corrected chi connectivity index (χ4v) is 0.918. The van der Waals surface area contributed by atoms with Crippen molar-refractivity contribution >= 4 is 10.1 Å². The van der Waals surface area contributed by atoms with E-state index in [1.54, 1.807) is 13.8 Å². The second kappa shape index (κ2) is 7.17. The van der Waals surface area contributed by atoms with Crippen molar-refractivity contribution in [2.75, 3.05) is 12.3 Å². The summed E-state index contributed by atoms with van der Waals surface area (Å²) in [6.45, 7) is 5.68. The number of aliphatic hydroxyl groups is 1. The lowest BCUT2D eigenvalue weighted by Crippen LogP contribution is -2.32. The summed E-state index contributed by atoms with van der Waals surface area (Å²) in [5.41, 5.74) is 4.53. The van der Waals surface area contributed by atoms with Crippen molar-refractivity contribution in [2.45, 2.75) is 39.2 Å². The van der Waals surface area contributed by atoms with Crippen LogP contribution in [0.15, 0.2) is 0 Å².